The number of nitrogens with zero attached hydrogens (tertiary/aromatic N) is 1. The predicted octanol–water partition coefficient (Wildman–Crippen LogP) is 2.32. The zero-order valence-corrected chi connectivity index (χ0v) is 22.3. The quantitative estimate of drug-likeness (QED) is 0.152. The molecule has 1 aromatic heterocycles. The first-order valence-electron chi connectivity index (χ1n) is 11.7. The maximum atomic E-state index is 13.7. The van der Waals surface area contributed by atoms with Crippen molar-refractivity contribution in [2.75, 3.05) is 13.2 Å². The van der Waals surface area contributed by atoms with Crippen molar-refractivity contribution < 1.29 is 33.0 Å². The Morgan fingerprint density at radius 1 is 1.32 bits per heavy atom. The number of hydrogen-bond acceptors (Lipinski definition) is 9. The summed E-state index contributed by atoms with van der Waals surface area (Å²) >= 11 is 6.53. The minimum absolute atomic E-state index is 0.206. The van der Waals surface area contributed by atoms with Gasteiger partial charge in [0.25, 0.3) is 5.56 Å². The molecule has 1 fully saturated rings. The normalized spacial score (nSPS) is 25.8. The molecular formula is C23H31ClN3O9P. The van der Waals surface area contributed by atoms with Gasteiger partial charge < -0.3 is 19.1 Å². The van der Waals surface area contributed by atoms with E-state index in [2.05, 4.69) is 10.1 Å². The fourth-order valence-electron chi connectivity index (χ4n) is 3.58. The molecule has 1 aromatic carbocycles. The van der Waals surface area contributed by atoms with Gasteiger partial charge in [0.1, 0.15) is 28.9 Å². The van der Waals surface area contributed by atoms with E-state index < -0.39 is 60.9 Å². The zero-order valence-electron chi connectivity index (χ0n) is 20.7. The molecule has 0 amide bonds. The monoisotopic (exact) mass is 559 g/mol. The highest BCUT2D eigenvalue weighted by molar-refractivity contribution is 7.52. The van der Waals surface area contributed by atoms with Crippen molar-refractivity contribution in [2.45, 2.75) is 63.0 Å². The Labute approximate surface area is 218 Å². The van der Waals surface area contributed by atoms with Crippen LogP contribution in [0.25, 0.3) is 0 Å². The fraction of sp³-hybridized carbons (Fsp3) is 0.522. The van der Waals surface area contributed by atoms with Gasteiger partial charge in [-0.1, -0.05) is 31.5 Å². The SMILES string of the molecule is CCCCOC(=O)[C@H](C)N[P@@](=O)(OC[C@H]1O[C@@H](n2ccc(=O)[nH]c2=O)[C@](C)(Cl)[C@@H]1O)Oc1ccccc1. The van der Waals surface area contributed by atoms with Crippen LogP contribution in [-0.4, -0.2) is 57.0 Å². The number of benzene rings is 1. The minimum Gasteiger partial charge on any atom is -0.465 e. The number of aromatic amines is 1. The maximum Gasteiger partial charge on any atom is 0.459 e. The topological polar surface area (TPSA) is 158 Å². The van der Waals surface area contributed by atoms with E-state index in [9.17, 15) is 24.1 Å². The number of aromatic nitrogens is 2. The van der Waals surface area contributed by atoms with Gasteiger partial charge in [-0.2, -0.15) is 5.09 Å². The van der Waals surface area contributed by atoms with Gasteiger partial charge >= 0.3 is 19.4 Å². The van der Waals surface area contributed by atoms with E-state index in [0.29, 0.717) is 6.42 Å². The first kappa shape index (κ1) is 29.1. The number of aliphatic hydroxyl groups is 1. The lowest BCUT2D eigenvalue weighted by atomic mass is 10.0. The second kappa shape index (κ2) is 12.4. The molecule has 6 atom stereocenters. The molecule has 0 radical (unpaired) electrons. The van der Waals surface area contributed by atoms with Crippen molar-refractivity contribution in [2.24, 2.45) is 0 Å². The largest absolute Gasteiger partial charge is 0.465 e. The Morgan fingerprint density at radius 3 is 2.68 bits per heavy atom. The first-order chi connectivity index (χ1) is 17.5. The summed E-state index contributed by atoms with van der Waals surface area (Å²) in [6.45, 7) is 4.59. The van der Waals surface area contributed by atoms with Gasteiger partial charge in [0.05, 0.1) is 13.2 Å². The third-order valence-corrected chi connectivity index (χ3v) is 7.70. The molecule has 0 aliphatic carbocycles. The van der Waals surface area contributed by atoms with Crippen LogP contribution in [0.15, 0.2) is 52.2 Å². The molecule has 37 heavy (non-hydrogen) atoms. The van der Waals surface area contributed by atoms with E-state index in [0.717, 1.165) is 17.1 Å². The van der Waals surface area contributed by atoms with Gasteiger partial charge in [0, 0.05) is 12.3 Å². The first-order valence-corrected chi connectivity index (χ1v) is 13.7. The highest BCUT2D eigenvalue weighted by Gasteiger charge is 2.54. The number of esters is 1. The standard InChI is InChI=1S/C23H31ClN3O9P/c1-4-5-13-33-20(30)15(2)26-37(32,36-16-9-7-6-8-10-16)34-14-17-19(29)23(3,24)21(35-17)27-12-11-18(28)25-22(27)31/h6-12,15,17,19,21,29H,4-5,13-14H2,1-3H3,(H,26,32)(H,25,28,31)/t15-,17+,19+,21+,23+,37+/m0/s1. The second-order valence-electron chi connectivity index (χ2n) is 8.71. The van der Waals surface area contributed by atoms with E-state index in [1.165, 1.54) is 20.0 Å². The number of alkyl halides is 1. The summed E-state index contributed by atoms with van der Waals surface area (Å²) in [7, 11) is -4.22. The number of hydrogen-bond donors (Lipinski definition) is 3. The summed E-state index contributed by atoms with van der Waals surface area (Å²) in [5.74, 6) is -0.436. The van der Waals surface area contributed by atoms with E-state index in [4.69, 9.17) is 30.1 Å². The molecule has 0 unspecified atom stereocenters. The fourth-order valence-corrected chi connectivity index (χ4v) is 5.38. The average molecular weight is 560 g/mol. The summed E-state index contributed by atoms with van der Waals surface area (Å²) in [4.78, 5) is 36.6. The molecule has 0 saturated carbocycles. The number of aliphatic hydroxyl groups excluding tert-OH is 1. The molecular weight excluding hydrogens is 529 g/mol. The Balaban J connectivity index is 1.77. The molecule has 1 aliphatic heterocycles. The van der Waals surface area contributed by atoms with E-state index in [1.54, 1.807) is 30.3 Å². The summed E-state index contributed by atoms with van der Waals surface area (Å²) in [6, 6.07) is 8.24. The molecule has 1 aliphatic rings. The van der Waals surface area contributed by atoms with Gasteiger partial charge in [-0.3, -0.25) is 23.7 Å². The maximum absolute atomic E-state index is 13.7. The third-order valence-electron chi connectivity index (χ3n) is 5.65. The van der Waals surface area contributed by atoms with E-state index >= 15 is 0 Å². The number of halogens is 1. The minimum atomic E-state index is -4.22. The van der Waals surface area contributed by atoms with Gasteiger partial charge in [0.2, 0.25) is 0 Å². The number of carbonyl (C=O) groups excluding carboxylic acids is 1. The van der Waals surface area contributed by atoms with E-state index in [-0.39, 0.29) is 12.4 Å². The molecule has 0 bridgehead atoms. The molecule has 2 heterocycles. The summed E-state index contributed by atoms with van der Waals surface area (Å²) in [5, 5.41) is 13.4. The second-order valence-corrected chi connectivity index (χ2v) is 11.2. The smallest absolute Gasteiger partial charge is 0.459 e. The number of nitrogens with one attached hydrogen (secondary N) is 2. The van der Waals surface area contributed by atoms with Gasteiger partial charge in [-0.25, -0.2) is 9.36 Å². The predicted molar refractivity (Wildman–Crippen MR) is 135 cm³/mol. The molecule has 3 N–H and O–H groups in total. The lowest BCUT2D eigenvalue weighted by Crippen LogP contribution is -2.43. The highest BCUT2D eigenvalue weighted by atomic mass is 35.5. The van der Waals surface area contributed by atoms with Crippen LogP contribution in [0.3, 0.4) is 0 Å². The van der Waals surface area contributed by atoms with Crippen LogP contribution in [-0.2, 0) is 23.4 Å². The average Bonchev–Trinajstić information content (AvgIpc) is 3.07. The number of unbranched alkanes of at least 4 members (excludes halogenated alkanes) is 1. The van der Waals surface area contributed by atoms with Gasteiger partial charge in [-0.15, -0.1) is 11.6 Å². The third kappa shape index (κ3) is 7.31. The van der Waals surface area contributed by atoms with Crippen LogP contribution in [0.2, 0.25) is 0 Å². The molecule has 12 nitrogen and oxygen atoms in total. The van der Waals surface area contributed by atoms with Crippen molar-refractivity contribution in [3.05, 3.63) is 63.4 Å². The lowest BCUT2D eigenvalue weighted by molar-refractivity contribution is -0.145. The number of rotatable bonds is 12. The van der Waals surface area contributed by atoms with Crippen LogP contribution in [0, 0.1) is 0 Å². The van der Waals surface area contributed by atoms with Crippen molar-refractivity contribution in [1.29, 1.82) is 0 Å². The number of ether oxygens (including phenoxy) is 2. The van der Waals surface area contributed by atoms with E-state index in [1.807, 2.05) is 6.92 Å². The molecule has 2 aromatic rings. The lowest BCUT2D eigenvalue weighted by Gasteiger charge is -2.26. The summed E-state index contributed by atoms with van der Waals surface area (Å²) in [6.07, 6.45) is -0.993. The van der Waals surface area contributed by atoms with Crippen LogP contribution in [0.1, 0.15) is 39.8 Å². The van der Waals surface area contributed by atoms with Crippen molar-refractivity contribution in [1.82, 2.24) is 14.6 Å². The number of H-pyrrole nitrogens is 1. The summed E-state index contributed by atoms with van der Waals surface area (Å²) in [5.41, 5.74) is -1.39. The van der Waals surface area contributed by atoms with Crippen molar-refractivity contribution >= 4 is 25.3 Å². The summed E-state index contributed by atoms with van der Waals surface area (Å²) < 4.78 is 36.8. The Bertz CT molecular complexity index is 1220. The Hall–Kier alpha value is -2.47. The Kier molecular flexibility index (Phi) is 9.74. The molecule has 0 spiro atoms. The zero-order chi connectivity index (χ0) is 27.2. The number of carbonyl (C=O) groups is 1. The molecule has 1 saturated heterocycles. The molecule has 3 rings (SSSR count). The van der Waals surface area contributed by atoms with Gasteiger partial charge in [0.15, 0.2) is 6.23 Å². The molecule has 204 valence electrons. The van der Waals surface area contributed by atoms with Crippen LogP contribution < -0.4 is 20.9 Å². The molecule has 14 heteroatoms. The highest BCUT2D eigenvalue weighted by Crippen LogP contribution is 2.48. The van der Waals surface area contributed by atoms with Crippen LogP contribution >= 0.6 is 19.3 Å². The Morgan fingerprint density at radius 2 is 2.03 bits per heavy atom. The van der Waals surface area contributed by atoms with Crippen molar-refractivity contribution in [3.8, 4) is 5.75 Å². The van der Waals surface area contributed by atoms with Crippen LogP contribution in [0.5, 0.6) is 5.75 Å². The van der Waals surface area contributed by atoms with Crippen LogP contribution in [0.4, 0.5) is 0 Å². The van der Waals surface area contributed by atoms with Gasteiger partial charge in [-0.05, 0) is 32.4 Å². The number of para-hydroxylation sites is 1. The van der Waals surface area contributed by atoms with Crippen molar-refractivity contribution in [3.63, 3.8) is 0 Å².